The first-order valence-electron chi connectivity index (χ1n) is 6.08. The Morgan fingerprint density at radius 2 is 2.21 bits per heavy atom. The lowest BCUT2D eigenvalue weighted by molar-refractivity contribution is -0.127. The number of fused-ring (bicyclic) bond motifs is 1. The first-order valence-corrected chi connectivity index (χ1v) is 6.46. The van der Waals surface area contributed by atoms with Gasteiger partial charge in [-0.15, -0.1) is 0 Å². The average molecular weight is 281 g/mol. The second kappa shape index (κ2) is 5.53. The minimum Gasteiger partial charge on any atom is -0.495 e. The Hall–Kier alpha value is -1.68. The van der Waals surface area contributed by atoms with Crippen LogP contribution in [0, 0.1) is 0 Å². The van der Waals surface area contributed by atoms with Gasteiger partial charge in [-0.3, -0.25) is 4.79 Å². The minimum atomic E-state index is 0.0699. The van der Waals surface area contributed by atoms with Crippen LogP contribution in [0.25, 0.3) is 10.9 Å². The Morgan fingerprint density at radius 3 is 2.84 bits per heavy atom. The highest BCUT2D eigenvalue weighted by molar-refractivity contribution is 6.32. The molecule has 5 heteroatoms. The van der Waals surface area contributed by atoms with Crippen molar-refractivity contribution in [1.29, 1.82) is 0 Å². The average Bonchev–Trinajstić information content (AvgIpc) is 2.76. The Bertz CT molecular complexity index is 607. The molecular weight excluding hydrogens is 264 g/mol. The molecule has 0 spiro atoms. The molecule has 1 heterocycles. The van der Waals surface area contributed by atoms with Crippen molar-refractivity contribution < 1.29 is 9.53 Å². The lowest BCUT2D eigenvalue weighted by Crippen LogP contribution is -2.25. The summed E-state index contributed by atoms with van der Waals surface area (Å²) in [5, 5.41) is 1.67. The number of aromatic amines is 1. The van der Waals surface area contributed by atoms with Crippen LogP contribution in [0.1, 0.15) is 12.5 Å². The van der Waals surface area contributed by atoms with Gasteiger partial charge in [0, 0.05) is 37.6 Å². The summed E-state index contributed by atoms with van der Waals surface area (Å²) < 4.78 is 5.23. The van der Waals surface area contributed by atoms with E-state index < -0.39 is 0 Å². The van der Waals surface area contributed by atoms with Crippen molar-refractivity contribution in [2.45, 2.75) is 13.3 Å². The van der Waals surface area contributed by atoms with Gasteiger partial charge >= 0.3 is 0 Å². The summed E-state index contributed by atoms with van der Waals surface area (Å²) in [6.07, 6.45) is 2.75. The van der Waals surface area contributed by atoms with Crippen LogP contribution < -0.4 is 4.74 Å². The molecule has 0 atom stereocenters. The molecule has 0 saturated carbocycles. The molecule has 0 fully saturated rings. The van der Waals surface area contributed by atoms with Gasteiger partial charge in [0.1, 0.15) is 5.75 Å². The van der Waals surface area contributed by atoms with Gasteiger partial charge in [0.15, 0.2) is 0 Å². The second-order valence-corrected chi connectivity index (χ2v) is 4.94. The molecule has 0 aliphatic heterocycles. The molecule has 1 aromatic heterocycles. The van der Waals surface area contributed by atoms with Crippen LogP contribution in [0.5, 0.6) is 5.75 Å². The standard InChI is InChI=1S/C14H17ClN2O2/c1-9(18)17(2)5-4-10-8-16-13-7-12(15)14(19-3)6-11(10)13/h6-8,16H,4-5H2,1-3H3. The maximum atomic E-state index is 11.2. The summed E-state index contributed by atoms with van der Waals surface area (Å²) in [5.74, 6) is 0.732. The van der Waals surface area contributed by atoms with Gasteiger partial charge < -0.3 is 14.6 Å². The fourth-order valence-corrected chi connectivity index (χ4v) is 2.23. The molecule has 0 aliphatic rings. The van der Waals surface area contributed by atoms with E-state index in [1.807, 2.05) is 18.3 Å². The van der Waals surface area contributed by atoms with Gasteiger partial charge in [0.25, 0.3) is 0 Å². The zero-order chi connectivity index (χ0) is 14.0. The fourth-order valence-electron chi connectivity index (χ4n) is 1.99. The molecule has 19 heavy (non-hydrogen) atoms. The molecule has 2 rings (SSSR count). The van der Waals surface area contributed by atoms with E-state index in [0.717, 1.165) is 22.9 Å². The van der Waals surface area contributed by atoms with Gasteiger partial charge in [-0.05, 0) is 24.1 Å². The first kappa shape index (κ1) is 13.7. The normalized spacial score (nSPS) is 10.7. The predicted molar refractivity (Wildman–Crippen MR) is 76.9 cm³/mol. The van der Waals surface area contributed by atoms with Gasteiger partial charge in [0.05, 0.1) is 12.1 Å². The van der Waals surface area contributed by atoms with Gasteiger partial charge in [-0.1, -0.05) is 11.6 Å². The number of carbonyl (C=O) groups is 1. The number of amides is 1. The van der Waals surface area contributed by atoms with E-state index in [0.29, 0.717) is 17.3 Å². The van der Waals surface area contributed by atoms with Gasteiger partial charge in [-0.2, -0.15) is 0 Å². The number of methoxy groups -OCH3 is 1. The number of nitrogens with zero attached hydrogens (tertiary/aromatic N) is 1. The third-order valence-corrected chi connectivity index (χ3v) is 3.59. The number of carbonyl (C=O) groups excluding carboxylic acids is 1. The monoisotopic (exact) mass is 280 g/mol. The van der Waals surface area contributed by atoms with Gasteiger partial charge in [0.2, 0.25) is 5.91 Å². The van der Waals surface area contributed by atoms with E-state index in [1.165, 1.54) is 0 Å². The maximum absolute atomic E-state index is 11.2. The second-order valence-electron chi connectivity index (χ2n) is 4.54. The number of benzene rings is 1. The molecule has 2 aromatic rings. The summed E-state index contributed by atoms with van der Waals surface area (Å²) in [4.78, 5) is 16.1. The number of aromatic nitrogens is 1. The molecule has 0 aliphatic carbocycles. The van der Waals surface area contributed by atoms with Crippen molar-refractivity contribution in [3.63, 3.8) is 0 Å². The largest absolute Gasteiger partial charge is 0.495 e. The first-order chi connectivity index (χ1) is 9.02. The van der Waals surface area contributed by atoms with E-state index >= 15 is 0 Å². The summed E-state index contributed by atoms with van der Waals surface area (Å²) in [6.45, 7) is 2.26. The number of hydrogen-bond acceptors (Lipinski definition) is 2. The van der Waals surface area contributed by atoms with Crippen LogP contribution in [0.3, 0.4) is 0 Å². The highest BCUT2D eigenvalue weighted by Crippen LogP contribution is 2.31. The van der Waals surface area contributed by atoms with Crippen LogP contribution >= 0.6 is 11.6 Å². The molecule has 0 bridgehead atoms. The van der Waals surface area contributed by atoms with Crippen LogP contribution in [-0.2, 0) is 11.2 Å². The summed E-state index contributed by atoms with van der Waals surface area (Å²) in [6, 6.07) is 3.78. The van der Waals surface area contributed by atoms with E-state index in [9.17, 15) is 4.79 Å². The predicted octanol–water partition coefficient (Wildman–Crippen LogP) is 2.85. The maximum Gasteiger partial charge on any atom is 0.219 e. The zero-order valence-corrected chi connectivity index (χ0v) is 12.0. The van der Waals surface area contributed by atoms with Crippen molar-refractivity contribution in [3.05, 3.63) is 28.9 Å². The topological polar surface area (TPSA) is 45.3 Å². The molecule has 102 valence electrons. The van der Waals surface area contributed by atoms with Crippen LogP contribution in [-0.4, -0.2) is 36.5 Å². The number of likely N-dealkylation sites (N-methyl/N-ethyl adjacent to an activating group) is 1. The zero-order valence-electron chi connectivity index (χ0n) is 11.3. The number of halogens is 1. The molecule has 1 amide bonds. The lowest BCUT2D eigenvalue weighted by atomic mass is 10.1. The Balaban J connectivity index is 2.27. The van der Waals surface area contributed by atoms with Crippen molar-refractivity contribution >= 4 is 28.4 Å². The number of ether oxygens (including phenoxy) is 1. The molecule has 0 radical (unpaired) electrons. The minimum absolute atomic E-state index is 0.0699. The van der Waals surface area contributed by atoms with Crippen molar-refractivity contribution in [1.82, 2.24) is 9.88 Å². The molecular formula is C14H17ClN2O2. The van der Waals surface area contributed by atoms with Crippen molar-refractivity contribution in [2.75, 3.05) is 20.7 Å². The molecule has 0 unspecified atom stereocenters. The molecule has 4 nitrogen and oxygen atoms in total. The fraction of sp³-hybridized carbons (Fsp3) is 0.357. The number of H-pyrrole nitrogens is 1. The highest BCUT2D eigenvalue weighted by Gasteiger charge is 2.10. The highest BCUT2D eigenvalue weighted by atomic mass is 35.5. The Kier molecular flexibility index (Phi) is 4.00. The Morgan fingerprint density at radius 1 is 1.47 bits per heavy atom. The lowest BCUT2D eigenvalue weighted by Gasteiger charge is -2.14. The summed E-state index contributed by atoms with van der Waals surface area (Å²) >= 11 is 6.08. The van der Waals surface area contributed by atoms with E-state index in [1.54, 1.807) is 26.0 Å². The third kappa shape index (κ3) is 2.84. The SMILES string of the molecule is COc1cc2c(CCN(C)C(C)=O)c[nH]c2cc1Cl. The van der Waals surface area contributed by atoms with Crippen molar-refractivity contribution in [2.24, 2.45) is 0 Å². The van der Waals surface area contributed by atoms with Gasteiger partial charge in [-0.25, -0.2) is 0 Å². The van der Waals surface area contributed by atoms with E-state index in [-0.39, 0.29) is 5.91 Å². The number of rotatable bonds is 4. The number of hydrogen-bond donors (Lipinski definition) is 1. The van der Waals surface area contributed by atoms with Crippen LogP contribution in [0.2, 0.25) is 5.02 Å². The number of nitrogens with one attached hydrogen (secondary N) is 1. The smallest absolute Gasteiger partial charge is 0.219 e. The third-order valence-electron chi connectivity index (χ3n) is 3.29. The molecule has 0 saturated heterocycles. The molecule has 1 N–H and O–H groups in total. The summed E-state index contributed by atoms with van der Waals surface area (Å²) in [5.41, 5.74) is 2.13. The Labute approximate surface area is 117 Å². The van der Waals surface area contributed by atoms with E-state index in [2.05, 4.69) is 4.98 Å². The van der Waals surface area contributed by atoms with Crippen LogP contribution in [0.15, 0.2) is 18.3 Å². The summed E-state index contributed by atoms with van der Waals surface area (Å²) in [7, 11) is 3.40. The molecule has 1 aromatic carbocycles. The van der Waals surface area contributed by atoms with Crippen molar-refractivity contribution in [3.8, 4) is 5.75 Å². The van der Waals surface area contributed by atoms with Crippen LogP contribution in [0.4, 0.5) is 0 Å². The van der Waals surface area contributed by atoms with E-state index in [4.69, 9.17) is 16.3 Å². The quantitative estimate of drug-likeness (QED) is 0.936.